The van der Waals surface area contributed by atoms with Crippen LogP contribution in [0.5, 0.6) is 5.75 Å². The van der Waals surface area contributed by atoms with E-state index in [1.165, 1.54) is 26.0 Å². The van der Waals surface area contributed by atoms with Crippen molar-refractivity contribution in [1.29, 1.82) is 0 Å². The van der Waals surface area contributed by atoms with Crippen molar-refractivity contribution in [3.05, 3.63) is 28.3 Å². The summed E-state index contributed by atoms with van der Waals surface area (Å²) in [6.07, 6.45) is 6.82. The number of hydrogen-bond acceptors (Lipinski definition) is 5. The summed E-state index contributed by atoms with van der Waals surface area (Å²) in [4.78, 5) is 10.5. The van der Waals surface area contributed by atoms with Gasteiger partial charge in [0.05, 0.1) is 18.1 Å². The Hall–Kier alpha value is -1.43. The molecule has 0 heterocycles. The van der Waals surface area contributed by atoms with Crippen molar-refractivity contribution in [2.45, 2.75) is 37.0 Å². The second kappa shape index (κ2) is 6.83. The molecule has 2 unspecified atom stereocenters. The molecule has 1 N–H and O–H groups in total. The fraction of sp³-hybridized carbons (Fsp3) is 0.571. The van der Waals surface area contributed by atoms with Gasteiger partial charge in [-0.05, 0) is 25.5 Å². The van der Waals surface area contributed by atoms with Gasteiger partial charge >= 0.3 is 0 Å². The molecule has 0 spiro atoms. The number of nitrogens with one attached hydrogen (secondary N) is 1. The normalized spacial score (nSPS) is 22.3. The molecule has 0 aromatic heterocycles. The van der Waals surface area contributed by atoms with Crippen LogP contribution >= 0.6 is 11.8 Å². The van der Waals surface area contributed by atoms with E-state index in [0.29, 0.717) is 17.0 Å². The lowest BCUT2D eigenvalue weighted by Crippen LogP contribution is -2.28. The first-order valence-corrected chi connectivity index (χ1v) is 8.04. The Morgan fingerprint density at radius 2 is 2.20 bits per heavy atom. The maximum absolute atomic E-state index is 10.9. The molecule has 1 aliphatic carbocycles. The molecular formula is C14H20N2O3S. The van der Waals surface area contributed by atoms with Crippen LogP contribution in [0.25, 0.3) is 0 Å². The van der Waals surface area contributed by atoms with Crippen LogP contribution < -0.4 is 10.1 Å². The molecule has 0 aliphatic heterocycles. The van der Waals surface area contributed by atoms with E-state index >= 15 is 0 Å². The minimum atomic E-state index is -0.390. The molecule has 1 aliphatic rings. The molecule has 0 amide bonds. The molecule has 1 saturated carbocycles. The van der Waals surface area contributed by atoms with Gasteiger partial charge in [-0.2, -0.15) is 11.8 Å². The van der Waals surface area contributed by atoms with Gasteiger partial charge in [-0.3, -0.25) is 10.1 Å². The molecule has 2 atom stereocenters. The lowest BCUT2D eigenvalue weighted by molar-refractivity contribution is -0.384. The molecule has 0 saturated heterocycles. The smallest absolute Gasteiger partial charge is 0.275 e. The lowest BCUT2D eigenvalue weighted by atomic mass is 9.94. The average molecular weight is 296 g/mol. The van der Waals surface area contributed by atoms with E-state index < -0.39 is 0 Å². The molecule has 0 bridgehead atoms. The number of hydrogen-bond donors (Lipinski definition) is 1. The molecule has 5 nitrogen and oxygen atoms in total. The number of non-ortho nitro benzene ring substituents is 1. The SMILES string of the molecule is COc1cc(NC2CCCC(SC)C2)cc([N+](=O)[O-])c1. The first kappa shape index (κ1) is 15.0. The maximum atomic E-state index is 10.9. The fourth-order valence-electron chi connectivity index (χ4n) is 2.62. The highest BCUT2D eigenvalue weighted by Crippen LogP contribution is 2.31. The zero-order chi connectivity index (χ0) is 14.5. The lowest BCUT2D eigenvalue weighted by Gasteiger charge is -2.29. The quantitative estimate of drug-likeness (QED) is 0.663. The summed E-state index contributed by atoms with van der Waals surface area (Å²) in [7, 11) is 1.52. The zero-order valence-corrected chi connectivity index (χ0v) is 12.6. The Balaban J connectivity index is 2.11. The van der Waals surface area contributed by atoms with Crippen molar-refractivity contribution in [3.63, 3.8) is 0 Å². The van der Waals surface area contributed by atoms with Gasteiger partial charge in [0, 0.05) is 29.1 Å². The van der Waals surface area contributed by atoms with E-state index in [9.17, 15) is 10.1 Å². The van der Waals surface area contributed by atoms with Crippen molar-refractivity contribution >= 4 is 23.1 Å². The highest BCUT2D eigenvalue weighted by molar-refractivity contribution is 7.99. The number of methoxy groups -OCH3 is 1. The third-order valence-corrected chi connectivity index (χ3v) is 4.76. The second-order valence-corrected chi connectivity index (χ2v) is 6.18. The van der Waals surface area contributed by atoms with Gasteiger partial charge < -0.3 is 10.1 Å². The Kier molecular flexibility index (Phi) is 5.11. The number of anilines is 1. The molecule has 0 radical (unpaired) electrons. The van der Waals surface area contributed by atoms with Crippen LogP contribution in [-0.2, 0) is 0 Å². The van der Waals surface area contributed by atoms with Gasteiger partial charge in [-0.1, -0.05) is 6.42 Å². The summed E-state index contributed by atoms with van der Waals surface area (Å²) in [5, 5.41) is 15.0. The van der Waals surface area contributed by atoms with E-state index in [0.717, 1.165) is 18.5 Å². The van der Waals surface area contributed by atoms with Crippen LogP contribution in [0.2, 0.25) is 0 Å². The standard InChI is InChI=1S/C14H20N2O3S/c1-19-13-7-11(6-12(9-13)16(17)18)15-10-4-3-5-14(8-10)20-2/h6-7,9-10,14-15H,3-5,8H2,1-2H3. The molecule has 2 rings (SSSR count). The van der Waals surface area contributed by atoms with Crippen molar-refractivity contribution < 1.29 is 9.66 Å². The minimum Gasteiger partial charge on any atom is -0.496 e. The number of benzene rings is 1. The molecule has 6 heteroatoms. The number of nitro benzene ring substituents is 1. The largest absolute Gasteiger partial charge is 0.496 e. The van der Waals surface area contributed by atoms with Gasteiger partial charge in [-0.25, -0.2) is 0 Å². The predicted octanol–water partition coefficient (Wildman–Crippen LogP) is 3.69. The van der Waals surface area contributed by atoms with Crippen LogP contribution in [0, 0.1) is 10.1 Å². The molecule has 1 aromatic carbocycles. The van der Waals surface area contributed by atoms with Crippen molar-refractivity contribution in [1.82, 2.24) is 0 Å². The Morgan fingerprint density at radius 3 is 2.85 bits per heavy atom. The number of nitro groups is 1. The van der Waals surface area contributed by atoms with Gasteiger partial charge in [0.1, 0.15) is 5.75 Å². The monoisotopic (exact) mass is 296 g/mol. The molecule has 1 fully saturated rings. The summed E-state index contributed by atoms with van der Waals surface area (Å²) >= 11 is 1.90. The van der Waals surface area contributed by atoms with Gasteiger partial charge in [0.2, 0.25) is 0 Å². The summed E-state index contributed by atoms with van der Waals surface area (Å²) in [5.41, 5.74) is 0.826. The third kappa shape index (κ3) is 3.79. The number of thioether (sulfide) groups is 1. The second-order valence-electron chi connectivity index (χ2n) is 5.04. The minimum absolute atomic E-state index is 0.0593. The number of ether oxygens (including phenoxy) is 1. The van der Waals surface area contributed by atoms with E-state index in [1.54, 1.807) is 6.07 Å². The summed E-state index contributed by atoms with van der Waals surface area (Å²) in [5.74, 6) is 0.513. The van der Waals surface area contributed by atoms with E-state index in [1.807, 2.05) is 17.8 Å². The van der Waals surface area contributed by atoms with Crippen molar-refractivity contribution in [3.8, 4) is 5.75 Å². The Labute approximate surface area is 123 Å². The van der Waals surface area contributed by atoms with E-state index in [2.05, 4.69) is 11.6 Å². The molecule has 20 heavy (non-hydrogen) atoms. The van der Waals surface area contributed by atoms with Crippen LogP contribution in [0.3, 0.4) is 0 Å². The van der Waals surface area contributed by atoms with Gasteiger partial charge in [0.25, 0.3) is 5.69 Å². The highest BCUT2D eigenvalue weighted by Gasteiger charge is 2.22. The van der Waals surface area contributed by atoms with Gasteiger partial charge in [-0.15, -0.1) is 0 Å². The van der Waals surface area contributed by atoms with E-state index in [-0.39, 0.29) is 10.6 Å². The fourth-order valence-corrected chi connectivity index (χ4v) is 3.44. The maximum Gasteiger partial charge on any atom is 0.275 e. The summed E-state index contributed by atoms with van der Waals surface area (Å²) < 4.78 is 5.13. The Bertz CT molecular complexity index is 481. The van der Waals surface area contributed by atoms with Crippen molar-refractivity contribution in [2.75, 3.05) is 18.7 Å². The molecular weight excluding hydrogens is 276 g/mol. The molecule has 1 aromatic rings. The van der Waals surface area contributed by atoms with Crippen LogP contribution in [0.1, 0.15) is 25.7 Å². The van der Waals surface area contributed by atoms with Crippen molar-refractivity contribution in [2.24, 2.45) is 0 Å². The van der Waals surface area contributed by atoms with Crippen LogP contribution in [0.4, 0.5) is 11.4 Å². The van der Waals surface area contributed by atoms with E-state index in [4.69, 9.17) is 4.74 Å². The predicted molar refractivity (Wildman–Crippen MR) is 82.8 cm³/mol. The van der Waals surface area contributed by atoms with Crippen LogP contribution in [-0.4, -0.2) is 29.6 Å². The molecule has 110 valence electrons. The first-order chi connectivity index (χ1) is 9.62. The number of nitrogens with zero attached hydrogens (tertiary/aromatic N) is 1. The van der Waals surface area contributed by atoms with Gasteiger partial charge in [0.15, 0.2) is 0 Å². The van der Waals surface area contributed by atoms with Crippen LogP contribution in [0.15, 0.2) is 18.2 Å². The first-order valence-electron chi connectivity index (χ1n) is 6.75. The third-order valence-electron chi connectivity index (χ3n) is 3.67. The summed E-state index contributed by atoms with van der Waals surface area (Å²) in [6.45, 7) is 0. The highest BCUT2D eigenvalue weighted by atomic mass is 32.2. The summed E-state index contributed by atoms with van der Waals surface area (Å²) in [6, 6.07) is 5.21. The average Bonchev–Trinajstić information content (AvgIpc) is 2.47. The Morgan fingerprint density at radius 1 is 1.40 bits per heavy atom. The topological polar surface area (TPSA) is 64.4 Å². The zero-order valence-electron chi connectivity index (χ0n) is 11.8. The number of rotatable bonds is 5.